The molecule has 2 fully saturated rings. The largest absolute Gasteiger partial charge is 0.311 e. The number of aryl methyl sites for hydroxylation is 1. The van der Waals surface area contributed by atoms with Crippen LogP contribution in [0.5, 0.6) is 0 Å². The van der Waals surface area contributed by atoms with Crippen LogP contribution < -0.4 is 5.32 Å². The zero-order chi connectivity index (χ0) is 15.9. The molecule has 0 saturated carbocycles. The second-order valence-electron chi connectivity index (χ2n) is 6.38. The van der Waals surface area contributed by atoms with Gasteiger partial charge in [0.2, 0.25) is 10.0 Å². The highest BCUT2D eigenvalue weighted by atomic mass is 32.2. The van der Waals surface area contributed by atoms with E-state index in [0.717, 1.165) is 25.7 Å². The van der Waals surface area contributed by atoms with Crippen LogP contribution in [0.3, 0.4) is 0 Å². The van der Waals surface area contributed by atoms with Gasteiger partial charge in [-0.2, -0.15) is 9.57 Å². The van der Waals surface area contributed by atoms with Crippen molar-refractivity contribution in [3.05, 3.63) is 29.3 Å². The number of nitriles is 1. The molecular formula is C16H21N3O2S. The third kappa shape index (κ3) is 2.65. The Kier molecular flexibility index (Phi) is 3.98. The van der Waals surface area contributed by atoms with Crippen LogP contribution in [0.15, 0.2) is 23.1 Å². The summed E-state index contributed by atoms with van der Waals surface area (Å²) in [5.41, 5.74) is 1.06. The summed E-state index contributed by atoms with van der Waals surface area (Å²) in [6.07, 6.45) is 4.00. The van der Waals surface area contributed by atoms with Gasteiger partial charge in [-0.25, -0.2) is 8.42 Å². The lowest BCUT2D eigenvalue weighted by molar-refractivity contribution is 0.251. The SMILES string of the molecule is Cc1ccc(C#N)cc1S(=O)(=O)N(C)C1CC2CCC(C1)N2. The number of hydrogen-bond donors (Lipinski definition) is 1. The van der Waals surface area contributed by atoms with Crippen molar-refractivity contribution in [2.45, 2.75) is 55.6 Å². The van der Waals surface area contributed by atoms with Gasteiger partial charge in [0.15, 0.2) is 0 Å². The van der Waals surface area contributed by atoms with Gasteiger partial charge in [0, 0.05) is 25.2 Å². The summed E-state index contributed by atoms with van der Waals surface area (Å²) in [7, 11) is -1.90. The zero-order valence-corrected chi connectivity index (χ0v) is 13.7. The molecule has 2 saturated heterocycles. The van der Waals surface area contributed by atoms with Gasteiger partial charge < -0.3 is 5.32 Å². The number of nitrogens with zero attached hydrogens (tertiary/aromatic N) is 2. The van der Waals surface area contributed by atoms with Crippen LogP contribution >= 0.6 is 0 Å². The first kappa shape index (κ1) is 15.5. The highest BCUT2D eigenvalue weighted by Gasteiger charge is 2.39. The predicted octanol–water partition coefficient (Wildman–Crippen LogP) is 1.77. The van der Waals surface area contributed by atoms with E-state index in [0.29, 0.717) is 23.2 Å². The molecule has 1 aromatic rings. The molecule has 0 aliphatic carbocycles. The van der Waals surface area contributed by atoms with E-state index in [2.05, 4.69) is 5.32 Å². The summed E-state index contributed by atoms with van der Waals surface area (Å²) in [4.78, 5) is 0.250. The van der Waals surface area contributed by atoms with Crippen LogP contribution in [0.4, 0.5) is 0 Å². The molecule has 2 atom stereocenters. The lowest BCUT2D eigenvalue weighted by atomic mass is 10.0. The molecule has 22 heavy (non-hydrogen) atoms. The molecule has 0 radical (unpaired) electrons. The van der Waals surface area contributed by atoms with E-state index in [1.807, 2.05) is 6.07 Å². The van der Waals surface area contributed by atoms with Crippen molar-refractivity contribution >= 4 is 10.0 Å². The molecule has 2 aliphatic heterocycles. The van der Waals surface area contributed by atoms with Crippen LogP contribution in [-0.4, -0.2) is 37.9 Å². The van der Waals surface area contributed by atoms with E-state index in [1.54, 1.807) is 26.1 Å². The molecule has 0 spiro atoms. The molecular weight excluding hydrogens is 298 g/mol. The van der Waals surface area contributed by atoms with Gasteiger partial charge >= 0.3 is 0 Å². The molecule has 118 valence electrons. The fraction of sp³-hybridized carbons (Fsp3) is 0.562. The van der Waals surface area contributed by atoms with E-state index in [9.17, 15) is 8.42 Å². The minimum Gasteiger partial charge on any atom is -0.311 e. The molecule has 5 nitrogen and oxygen atoms in total. The van der Waals surface area contributed by atoms with Crippen molar-refractivity contribution in [3.8, 4) is 6.07 Å². The van der Waals surface area contributed by atoms with Crippen LogP contribution in [0.25, 0.3) is 0 Å². The van der Waals surface area contributed by atoms with Crippen molar-refractivity contribution in [2.24, 2.45) is 0 Å². The van der Waals surface area contributed by atoms with E-state index >= 15 is 0 Å². The number of hydrogen-bond acceptors (Lipinski definition) is 4. The number of rotatable bonds is 3. The Morgan fingerprint density at radius 1 is 1.27 bits per heavy atom. The lowest BCUT2D eigenvalue weighted by Gasteiger charge is -2.35. The number of fused-ring (bicyclic) bond motifs is 2. The summed E-state index contributed by atoms with van der Waals surface area (Å²) in [6.45, 7) is 1.77. The van der Waals surface area contributed by atoms with E-state index < -0.39 is 10.0 Å². The molecule has 1 aromatic carbocycles. The molecule has 3 rings (SSSR count). The molecule has 2 unspecified atom stereocenters. The number of piperidine rings is 1. The van der Waals surface area contributed by atoms with Crippen molar-refractivity contribution in [1.29, 1.82) is 5.26 Å². The van der Waals surface area contributed by atoms with Crippen molar-refractivity contribution in [1.82, 2.24) is 9.62 Å². The minimum absolute atomic E-state index is 0.0360. The highest BCUT2D eigenvalue weighted by molar-refractivity contribution is 7.89. The molecule has 2 bridgehead atoms. The maximum Gasteiger partial charge on any atom is 0.243 e. The third-order valence-electron chi connectivity index (χ3n) is 4.94. The standard InChI is InChI=1S/C16H21N3O2S/c1-11-3-4-12(10-17)7-16(11)22(20,21)19(2)15-8-13-5-6-14(9-15)18-13/h3-4,7,13-15,18H,5-6,8-9H2,1-2H3. The van der Waals surface area contributed by atoms with E-state index in [-0.39, 0.29) is 10.9 Å². The Labute approximate surface area is 132 Å². The summed E-state index contributed by atoms with van der Waals surface area (Å²) >= 11 is 0. The fourth-order valence-electron chi connectivity index (χ4n) is 3.62. The molecule has 0 aromatic heterocycles. The van der Waals surface area contributed by atoms with Gasteiger partial charge in [-0.1, -0.05) is 6.07 Å². The molecule has 6 heteroatoms. The topological polar surface area (TPSA) is 73.2 Å². The first-order valence-electron chi connectivity index (χ1n) is 7.66. The van der Waals surface area contributed by atoms with Gasteiger partial charge in [-0.3, -0.25) is 0 Å². The second-order valence-corrected chi connectivity index (χ2v) is 8.34. The average Bonchev–Trinajstić information content (AvgIpc) is 2.85. The average molecular weight is 319 g/mol. The first-order valence-corrected chi connectivity index (χ1v) is 9.10. The maximum absolute atomic E-state index is 13.0. The molecule has 2 aliphatic rings. The monoisotopic (exact) mass is 319 g/mol. The van der Waals surface area contributed by atoms with Crippen molar-refractivity contribution in [2.75, 3.05) is 7.05 Å². The molecule has 1 N–H and O–H groups in total. The summed E-state index contributed by atoms with van der Waals surface area (Å²) in [5, 5.41) is 12.5. The summed E-state index contributed by atoms with van der Waals surface area (Å²) < 4.78 is 27.4. The van der Waals surface area contributed by atoms with Gasteiger partial charge in [0.1, 0.15) is 0 Å². The smallest absolute Gasteiger partial charge is 0.243 e. The van der Waals surface area contributed by atoms with Crippen LogP contribution in [-0.2, 0) is 10.0 Å². The van der Waals surface area contributed by atoms with Crippen LogP contribution in [0, 0.1) is 18.3 Å². The number of benzene rings is 1. The Morgan fingerprint density at radius 2 is 1.91 bits per heavy atom. The van der Waals surface area contributed by atoms with Gasteiger partial charge in [0.05, 0.1) is 16.5 Å². The third-order valence-corrected chi connectivity index (χ3v) is 6.99. The first-order chi connectivity index (χ1) is 10.4. The van der Waals surface area contributed by atoms with Crippen molar-refractivity contribution in [3.63, 3.8) is 0 Å². The quantitative estimate of drug-likeness (QED) is 0.921. The van der Waals surface area contributed by atoms with Gasteiger partial charge in [-0.15, -0.1) is 0 Å². The Morgan fingerprint density at radius 3 is 2.50 bits per heavy atom. The second kappa shape index (κ2) is 5.65. The normalized spacial score (nSPS) is 27.8. The Hall–Kier alpha value is -1.42. The van der Waals surface area contributed by atoms with Gasteiger partial charge in [0.25, 0.3) is 0 Å². The fourth-order valence-corrected chi connectivity index (χ4v) is 5.25. The van der Waals surface area contributed by atoms with Gasteiger partial charge in [-0.05, 0) is 50.3 Å². The lowest BCUT2D eigenvalue weighted by Crippen LogP contribution is -2.48. The highest BCUT2D eigenvalue weighted by Crippen LogP contribution is 2.32. The zero-order valence-electron chi connectivity index (χ0n) is 12.9. The number of nitrogens with one attached hydrogen (secondary N) is 1. The maximum atomic E-state index is 13.0. The van der Waals surface area contributed by atoms with E-state index in [1.165, 1.54) is 10.4 Å². The van der Waals surface area contributed by atoms with Crippen LogP contribution in [0.2, 0.25) is 0 Å². The number of sulfonamides is 1. The predicted molar refractivity (Wildman–Crippen MR) is 83.8 cm³/mol. The summed E-state index contributed by atoms with van der Waals surface area (Å²) in [5.74, 6) is 0. The molecule has 2 heterocycles. The Bertz CT molecular complexity index is 711. The Balaban J connectivity index is 1.91. The van der Waals surface area contributed by atoms with E-state index in [4.69, 9.17) is 5.26 Å². The van der Waals surface area contributed by atoms with Crippen molar-refractivity contribution < 1.29 is 8.42 Å². The minimum atomic E-state index is -3.57. The summed E-state index contributed by atoms with van der Waals surface area (Å²) in [6, 6.07) is 7.76. The van der Waals surface area contributed by atoms with Crippen LogP contribution in [0.1, 0.15) is 36.8 Å². The molecule has 0 amide bonds.